The van der Waals surface area contributed by atoms with Gasteiger partial charge in [0.15, 0.2) is 0 Å². The van der Waals surface area contributed by atoms with Gasteiger partial charge < -0.3 is 9.72 Å². The number of rotatable bonds is 7. The predicted octanol–water partition coefficient (Wildman–Crippen LogP) is 6.73. The SMILES string of the molecule is CC[C@@H](C)NC(=O)CCc1c(-c2ccccc2)nc2ccc(-c3cc4ccccc4s3)cn12. The summed E-state index contributed by atoms with van der Waals surface area (Å²) in [6.07, 6.45) is 4.16. The molecule has 0 unspecified atom stereocenters. The monoisotopic (exact) mass is 453 g/mol. The normalized spacial score (nSPS) is 12.3. The van der Waals surface area contributed by atoms with Crippen molar-refractivity contribution in [1.82, 2.24) is 14.7 Å². The summed E-state index contributed by atoms with van der Waals surface area (Å²) < 4.78 is 3.45. The second kappa shape index (κ2) is 9.20. The van der Waals surface area contributed by atoms with Crippen LogP contribution in [0.2, 0.25) is 0 Å². The Morgan fingerprint density at radius 3 is 2.61 bits per heavy atom. The van der Waals surface area contributed by atoms with E-state index in [2.05, 4.69) is 77.4 Å². The summed E-state index contributed by atoms with van der Waals surface area (Å²) in [6, 6.07) is 25.4. The molecule has 5 rings (SSSR count). The van der Waals surface area contributed by atoms with Crippen molar-refractivity contribution in [3.63, 3.8) is 0 Å². The van der Waals surface area contributed by atoms with Crippen LogP contribution in [0, 0.1) is 0 Å². The molecule has 1 amide bonds. The Labute approximate surface area is 197 Å². The van der Waals surface area contributed by atoms with Crippen molar-refractivity contribution < 1.29 is 4.79 Å². The lowest BCUT2D eigenvalue weighted by molar-refractivity contribution is -0.121. The van der Waals surface area contributed by atoms with Gasteiger partial charge in [0.1, 0.15) is 5.65 Å². The smallest absolute Gasteiger partial charge is 0.220 e. The first kappa shape index (κ1) is 21.4. The molecule has 2 aromatic carbocycles. The maximum atomic E-state index is 12.5. The van der Waals surface area contributed by atoms with E-state index in [1.165, 1.54) is 15.0 Å². The summed E-state index contributed by atoms with van der Waals surface area (Å²) in [5.41, 5.74) is 5.14. The number of thiophene rings is 1. The largest absolute Gasteiger partial charge is 0.354 e. The fourth-order valence-electron chi connectivity index (χ4n) is 4.11. The maximum absolute atomic E-state index is 12.5. The van der Waals surface area contributed by atoms with E-state index in [-0.39, 0.29) is 11.9 Å². The van der Waals surface area contributed by atoms with Crippen LogP contribution in [0.25, 0.3) is 37.4 Å². The van der Waals surface area contributed by atoms with Gasteiger partial charge in [0.25, 0.3) is 0 Å². The van der Waals surface area contributed by atoms with Gasteiger partial charge in [-0.05, 0) is 49.4 Å². The molecule has 1 atom stereocenters. The molecule has 0 aliphatic carbocycles. The summed E-state index contributed by atoms with van der Waals surface area (Å²) in [4.78, 5) is 18.7. The molecule has 4 nitrogen and oxygen atoms in total. The number of amides is 1. The quantitative estimate of drug-likeness (QED) is 0.297. The van der Waals surface area contributed by atoms with Crippen LogP contribution in [0.5, 0.6) is 0 Å². The van der Waals surface area contributed by atoms with Crippen molar-refractivity contribution in [2.45, 2.75) is 39.2 Å². The fourth-order valence-corrected chi connectivity index (χ4v) is 5.16. The molecule has 0 aliphatic rings. The van der Waals surface area contributed by atoms with Crippen LogP contribution in [0.4, 0.5) is 0 Å². The molecule has 0 saturated heterocycles. The molecule has 0 saturated carbocycles. The van der Waals surface area contributed by atoms with Crippen molar-refractivity contribution in [2.75, 3.05) is 0 Å². The average molecular weight is 454 g/mol. The van der Waals surface area contributed by atoms with Crippen LogP contribution in [0.3, 0.4) is 0 Å². The summed E-state index contributed by atoms with van der Waals surface area (Å²) in [5, 5.41) is 4.34. The first-order valence-corrected chi connectivity index (χ1v) is 12.3. The van der Waals surface area contributed by atoms with Crippen molar-refractivity contribution in [1.29, 1.82) is 0 Å². The molecule has 0 bridgehead atoms. The number of pyridine rings is 1. The summed E-state index contributed by atoms with van der Waals surface area (Å²) in [6.45, 7) is 4.12. The topological polar surface area (TPSA) is 46.4 Å². The number of aromatic nitrogens is 2. The van der Waals surface area contributed by atoms with Gasteiger partial charge >= 0.3 is 0 Å². The second-order valence-electron chi connectivity index (χ2n) is 8.44. The van der Waals surface area contributed by atoms with Gasteiger partial charge in [-0.25, -0.2) is 4.98 Å². The number of nitrogens with zero attached hydrogens (tertiary/aromatic N) is 2. The number of aryl methyl sites for hydroxylation is 1. The second-order valence-corrected chi connectivity index (χ2v) is 9.53. The Hall–Kier alpha value is -3.44. The van der Waals surface area contributed by atoms with Crippen LogP contribution in [0.1, 0.15) is 32.4 Å². The van der Waals surface area contributed by atoms with Crippen LogP contribution in [-0.4, -0.2) is 21.3 Å². The highest BCUT2D eigenvalue weighted by Gasteiger charge is 2.17. The Morgan fingerprint density at radius 2 is 1.82 bits per heavy atom. The number of hydrogen-bond acceptors (Lipinski definition) is 3. The Balaban J connectivity index is 1.56. The highest BCUT2D eigenvalue weighted by molar-refractivity contribution is 7.22. The number of benzene rings is 2. The highest BCUT2D eigenvalue weighted by atomic mass is 32.1. The van der Waals surface area contributed by atoms with Gasteiger partial charge in [0.05, 0.1) is 11.4 Å². The number of carbonyl (C=O) groups excluding carboxylic acids is 1. The molecule has 3 heterocycles. The standard InChI is InChI=1S/C28H27N3OS/c1-3-19(2)29-27(32)16-14-23-28(20-9-5-4-6-10-20)30-26-15-13-22(18-31(23)26)25-17-21-11-7-8-12-24(21)33-25/h4-13,15,17-19H,3,14,16H2,1-2H3,(H,29,32)/t19-/m1/s1. The minimum absolute atomic E-state index is 0.0824. The van der Waals surface area contributed by atoms with E-state index >= 15 is 0 Å². The fraction of sp³-hybridized carbons (Fsp3) is 0.214. The molecule has 3 aromatic heterocycles. The Kier molecular flexibility index (Phi) is 5.97. The van der Waals surface area contributed by atoms with Gasteiger partial charge in [0, 0.05) is 39.4 Å². The zero-order chi connectivity index (χ0) is 22.8. The first-order valence-electron chi connectivity index (χ1n) is 11.5. The van der Waals surface area contributed by atoms with Crippen molar-refractivity contribution in [3.8, 4) is 21.7 Å². The van der Waals surface area contributed by atoms with Crippen LogP contribution in [0.15, 0.2) is 79.0 Å². The number of fused-ring (bicyclic) bond motifs is 2. The van der Waals surface area contributed by atoms with E-state index in [1.807, 2.05) is 25.1 Å². The van der Waals surface area contributed by atoms with Crippen LogP contribution < -0.4 is 5.32 Å². The van der Waals surface area contributed by atoms with Crippen LogP contribution in [-0.2, 0) is 11.2 Å². The molecule has 0 aliphatic heterocycles. The molecular weight excluding hydrogens is 426 g/mol. The number of carbonyl (C=O) groups is 1. The molecule has 166 valence electrons. The predicted molar refractivity (Wildman–Crippen MR) is 138 cm³/mol. The average Bonchev–Trinajstić information content (AvgIpc) is 3.44. The van der Waals surface area contributed by atoms with E-state index in [1.54, 1.807) is 11.3 Å². The van der Waals surface area contributed by atoms with Crippen molar-refractivity contribution >= 4 is 33.0 Å². The molecule has 5 aromatic rings. The minimum atomic E-state index is 0.0824. The Bertz CT molecular complexity index is 1380. The lowest BCUT2D eigenvalue weighted by atomic mass is 10.1. The van der Waals surface area contributed by atoms with Gasteiger partial charge in [-0.3, -0.25) is 4.79 Å². The van der Waals surface area contributed by atoms with E-state index in [4.69, 9.17) is 4.98 Å². The third kappa shape index (κ3) is 4.41. The van der Waals surface area contributed by atoms with Crippen molar-refractivity contribution in [2.24, 2.45) is 0 Å². The molecule has 0 radical (unpaired) electrons. The zero-order valence-corrected chi connectivity index (χ0v) is 19.7. The van der Waals surface area contributed by atoms with Gasteiger partial charge in [-0.2, -0.15) is 0 Å². The molecule has 0 spiro atoms. The lowest BCUT2D eigenvalue weighted by Gasteiger charge is -2.12. The molecule has 5 heteroatoms. The molecule has 1 N–H and O–H groups in total. The lowest BCUT2D eigenvalue weighted by Crippen LogP contribution is -2.32. The van der Waals surface area contributed by atoms with E-state index in [0.29, 0.717) is 12.8 Å². The van der Waals surface area contributed by atoms with Gasteiger partial charge in [-0.15, -0.1) is 11.3 Å². The summed E-state index contributed by atoms with van der Waals surface area (Å²) >= 11 is 1.80. The minimum Gasteiger partial charge on any atom is -0.354 e. The van der Waals surface area contributed by atoms with E-state index in [9.17, 15) is 4.79 Å². The van der Waals surface area contributed by atoms with E-state index < -0.39 is 0 Å². The number of hydrogen-bond donors (Lipinski definition) is 1. The summed E-state index contributed by atoms with van der Waals surface area (Å²) in [5.74, 6) is 0.0824. The van der Waals surface area contributed by atoms with Gasteiger partial charge in [0.2, 0.25) is 5.91 Å². The first-order chi connectivity index (χ1) is 16.1. The summed E-state index contributed by atoms with van der Waals surface area (Å²) in [7, 11) is 0. The van der Waals surface area contributed by atoms with Gasteiger partial charge in [-0.1, -0.05) is 55.5 Å². The zero-order valence-electron chi connectivity index (χ0n) is 18.9. The number of nitrogens with one attached hydrogen (secondary N) is 1. The molecular formula is C28H27N3OS. The molecule has 33 heavy (non-hydrogen) atoms. The highest BCUT2D eigenvalue weighted by Crippen LogP contribution is 2.34. The third-order valence-corrected chi connectivity index (χ3v) is 7.25. The van der Waals surface area contributed by atoms with Crippen molar-refractivity contribution in [3.05, 3.63) is 84.7 Å². The third-order valence-electron chi connectivity index (χ3n) is 6.08. The number of imidazole rings is 1. The maximum Gasteiger partial charge on any atom is 0.220 e. The van der Waals surface area contributed by atoms with Crippen LogP contribution >= 0.6 is 11.3 Å². The Morgan fingerprint density at radius 1 is 1.03 bits per heavy atom. The van der Waals surface area contributed by atoms with E-state index in [0.717, 1.165) is 34.6 Å². The molecule has 0 fully saturated rings.